The highest BCUT2D eigenvalue weighted by Crippen LogP contribution is 1.85. The second kappa shape index (κ2) is 6.62. The van der Waals surface area contributed by atoms with Crippen molar-refractivity contribution in [3.8, 4) is 0 Å². The molecule has 76 valence electrons. The molecule has 0 aliphatic heterocycles. The van der Waals surface area contributed by atoms with Crippen molar-refractivity contribution in [1.29, 1.82) is 0 Å². The van der Waals surface area contributed by atoms with Gasteiger partial charge in [-0.15, -0.1) is 0 Å². The Bertz CT molecular complexity index is 252. The molecule has 0 aromatic carbocycles. The zero-order valence-corrected chi connectivity index (χ0v) is 8.39. The highest BCUT2D eigenvalue weighted by molar-refractivity contribution is 7.70. The molecule has 2 N–H and O–H groups in total. The molecule has 0 spiro atoms. The maximum Gasteiger partial charge on any atom is 0.246 e. The fourth-order valence-electron chi connectivity index (χ4n) is 0.612. The van der Waals surface area contributed by atoms with Crippen LogP contribution in [0.25, 0.3) is 0 Å². The van der Waals surface area contributed by atoms with Crippen LogP contribution in [0, 0.1) is 0 Å². The molecule has 0 bridgehead atoms. The molecular formula is C7H14N2O3S. The van der Waals surface area contributed by atoms with Gasteiger partial charge >= 0.3 is 0 Å². The van der Waals surface area contributed by atoms with E-state index < -0.39 is 10.9 Å². The number of thiol groups is 1. The summed E-state index contributed by atoms with van der Waals surface area (Å²) in [5.41, 5.74) is 0.447. The van der Waals surface area contributed by atoms with Crippen LogP contribution in [-0.4, -0.2) is 27.4 Å². The summed E-state index contributed by atoms with van der Waals surface area (Å²) in [4.78, 5) is 10.9. The summed E-state index contributed by atoms with van der Waals surface area (Å²) in [6, 6.07) is 0. The summed E-state index contributed by atoms with van der Waals surface area (Å²) in [7, 11) is -2.53. The van der Waals surface area contributed by atoms with Crippen molar-refractivity contribution in [1.82, 2.24) is 10.0 Å². The topological polar surface area (TPSA) is 75.3 Å². The quantitative estimate of drug-likeness (QED) is 0.302. The third kappa shape index (κ3) is 7.48. The van der Waals surface area contributed by atoms with Gasteiger partial charge in [-0.1, -0.05) is 6.58 Å². The number of rotatable bonds is 6. The van der Waals surface area contributed by atoms with Crippen LogP contribution in [-0.2, 0) is 15.7 Å². The molecule has 0 rings (SSSR count). The van der Waals surface area contributed by atoms with Gasteiger partial charge in [0, 0.05) is 18.7 Å². The van der Waals surface area contributed by atoms with Crippen LogP contribution in [0.1, 0.15) is 13.3 Å². The first-order valence-corrected chi connectivity index (χ1v) is 5.03. The van der Waals surface area contributed by atoms with Crippen LogP contribution < -0.4 is 10.0 Å². The minimum Gasteiger partial charge on any atom is -0.352 e. The zero-order valence-electron chi connectivity index (χ0n) is 7.50. The van der Waals surface area contributed by atoms with Gasteiger partial charge in [0.15, 0.2) is 0 Å². The largest absolute Gasteiger partial charge is 0.352 e. The van der Waals surface area contributed by atoms with E-state index in [1.54, 1.807) is 6.92 Å². The monoisotopic (exact) mass is 206 g/mol. The van der Waals surface area contributed by atoms with Gasteiger partial charge in [-0.05, 0) is 13.3 Å². The van der Waals surface area contributed by atoms with E-state index in [1.807, 2.05) is 0 Å². The van der Waals surface area contributed by atoms with E-state index in [0.29, 0.717) is 25.1 Å². The maximum atomic E-state index is 10.9. The normalized spacial score (nSPS) is 10.0. The van der Waals surface area contributed by atoms with Gasteiger partial charge in [0.2, 0.25) is 16.8 Å². The molecule has 0 aliphatic carbocycles. The van der Waals surface area contributed by atoms with Crippen LogP contribution >= 0.6 is 0 Å². The first-order chi connectivity index (χ1) is 6.04. The second-order valence-electron chi connectivity index (χ2n) is 2.56. The van der Waals surface area contributed by atoms with Gasteiger partial charge in [0.1, 0.15) is 0 Å². The van der Waals surface area contributed by atoms with Crippen molar-refractivity contribution in [3.63, 3.8) is 0 Å². The molecule has 0 aliphatic rings. The predicted molar refractivity (Wildman–Crippen MR) is 50.8 cm³/mol. The standard InChI is InChI=1S/C7H14N2O3S/c1-6(2)7(10)8-4-3-5-9-13(11)12/h13H,1,3-5H2,2H3,(H,8,10)(H,9,11,12). The van der Waals surface area contributed by atoms with Crippen LogP contribution in [0.3, 0.4) is 0 Å². The summed E-state index contributed by atoms with van der Waals surface area (Å²) >= 11 is 0. The summed E-state index contributed by atoms with van der Waals surface area (Å²) in [6.07, 6.45) is 0.572. The average Bonchev–Trinajstić information content (AvgIpc) is 2.02. The minimum absolute atomic E-state index is 0.202. The molecule has 13 heavy (non-hydrogen) atoms. The van der Waals surface area contributed by atoms with E-state index >= 15 is 0 Å². The number of amides is 1. The highest BCUT2D eigenvalue weighted by atomic mass is 32.2. The second-order valence-corrected chi connectivity index (χ2v) is 3.39. The van der Waals surface area contributed by atoms with Gasteiger partial charge in [0.25, 0.3) is 0 Å². The fourth-order valence-corrected chi connectivity index (χ4v) is 0.952. The Morgan fingerprint density at radius 1 is 1.38 bits per heavy atom. The lowest BCUT2D eigenvalue weighted by atomic mass is 10.3. The van der Waals surface area contributed by atoms with Gasteiger partial charge in [-0.2, -0.15) is 0 Å². The Morgan fingerprint density at radius 3 is 2.46 bits per heavy atom. The van der Waals surface area contributed by atoms with Crippen molar-refractivity contribution in [2.45, 2.75) is 13.3 Å². The van der Waals surface area contributed by atoms with Crippen molar-refractivity contribution in [2.75, 3.05) is 13.1 Å². The van der Waals surface area contributed by atoms with Gasteiger partial charge in [0.05, 0.1) is 0 Å². The van der Waals surface area contributed by atoms with E-state index in [2.05, 4.69) is 16.6 Å². The smallest absolute Gasteiger partial charge is 0.246 e. The number of nitrogens with one attached hydrogen (secondary N) is 2. The molecule has 0 aromatic heterocycles. The SMILES string of the molecule is C=C(C)C(=O)NCCCN[SH](=O)=O. The van der Waals surface area contributed by atoms with E-state index in [4.69, 9.17) is 0 Å². The minimum atomic E-state index is -2.53. The van der Waals surface area contributed by atoms with Crippen molar-refractivity contribution in [2.24, 2.45) is 0 Å². The Hall–Kier alpha value is -0.880. The molecule has 0 saturated carbocycles. The molecule has 0 heterocycles. The lowest BCUT2D eigenvalue weighted by molar-refractivity contribution is -0.117. The van der Waals surface area contributed by atoms with Crippen LogP contribution in [0.5, 0.6) is 0 Å². The van der Waals surface area contributed by atoms with Crippen LogP contribution in [0.4, 0.5) is 0 Å². The molecule has 0 unspecified atom stereocenters. The zero-order chi connectivity index (χ0) is 10.3. The number of carbonyl (C=O) groups excluding carboxylic acids is 1. The van der Waals surface area contributed by atoms with E-state index in [0.717, 1.165) is 0 Å². The van der Waals surface area contributed by atoms with Crippen molar-refractivity contribution >= 4 is 16.8 Å². The van der Waals surface area contributed by atoms with Gasteiger partial charge in [-0.3, -0.25) is 4.79 Å². The Balaban J connectivity index is 3.36. The third-order valence-corrected chi connectivity index (χ3v) is 1.75. The Kier molecular flexibility index (Phi) is 6.17. The molecule has 0 radical (unpaired) electrons. The molecule has 0 aromatic rings. The van der Waals surface area contributed by atoms with E-state index in [1.165, 1.54) is 0 Å². The molecular weight excluding hydrogens is 192 g/mol. The predicted octanol–water partition coefficient (Wildman–Crippen LogP) is -0.815. The highest BCUT2D eigenvalue weighted by Gasteiger charge is 1.98. The van der Waals surface area contributed by atoms with E-state index in [9.17, 15) is 13.2 Å². The summed E-state index contributed by atoms with van der Waals surface area (Å²) in [6.45, 7) is 5.86. The molecule has 0 fully saturated rings. The molecule has 0 saturated heterocycles. The number of hydrogen-bond acceptors (Lipinski definition) is 3. The summed E-state index contributed by atoms with van der Waals surface area (Å²) in [5, 5.41) is 2.58. The van der Waals surface area contributed by atoms with Crippen molar-refractivity contribution < 1.29 is 13.2 Å². The van der Waals surface area contributed by atoms with Gasteiger partial charge in [-0.25, -0.2) is 13.1 Å². The number of carbonyl (C=O) groups is 1. The molecule has 6 heteroatoms. The van der Waals surface area contributed by atoms with Gasteiger partial charge < -0.3 is 5.32 Å². The Labute approximate surface area is 79.3 Å². The summed E-state index contributed by atoms with van der Waals surface area (Å²) in [5.74, 6) is -0.202. The van der Waals surface area contributed by atoms with Crippen molar-refractivity contribution in [3.05, 3.63) is 12.2 Å². The molecule has 0 atom stereocenters. The first-order valence-electron chi connectivity index (χ1n) is 3.85. The molecule has 1 amide bonds. The third-order valence-electron chi connectivity index (χ3n) is 1.27. The molecule has 5 nitrogen and oxygen atoms in total. The lowest BCUT2D eigenvalue weighted by Crippen LogP contribution is -2.27. The summed E-state index contributed by atoms with van der Waals surface area (Å²) < 4.78 is 22.3. The maximum absolute atomic E-state index is 10.9. The first kappa shape index (κ1) is 12.1. The number of hydrogen-bond donors (Lipinski definition) is 3. The average molecular weight is 206 g/mol. The Morgan fingerprint density at radius 2 is 2.00 bits per heavy atom. The van der Waals surface area contributed by atoms with E-state index in [-0.39, 0.29) is 5.91 Å². The fraction of sp³-hybridized carbons (Fsp3) is 0.571. The van der Waals surface area contributed by atoms with Crippen LogP contribution in [0.15, 0.2) is 12.2 Å². The lowest BCUT2D eigenvalue weighted by Gasteiger charge is -2.02. The van der Waals surface area contributed by atoms with Crippen LogP contribution in [0.2, 0.25) is 0 Å².